The predicted octanol–water partition coefficient (Wildman–Crippen LogP) is 2.46. The Morgan fingerprint density at radius 1 is 1.56 bits per heavy atom. The Hall–Kier alpha value is -0.500. The molecule has 0 aliphatic heterocycles. The number of methoxy groups -OCH3 is 1. The maximum atomic E-state index is 6.86. The summed E-state index contributed by atoms with van der Waals surface area (Å²) in [5.74, 6) is 0.331. The second-order valence-electron chi connectivity index (χ2n) is 1.53. The zero-order chi connectivity index (χ0) is 9.19. The lowest BCUT2D eigenvalue weighted by atomic mass is 10.3. The summed E-state index contributed by atoms with van der Waals surface area (Å²) in [6.07, 6.45) is 0. The van der Waals surface area contributed by atoms with Gasteiger partial charge in [0.25, 0.3) is 0 Å². The Kier molecular flexibility index (Phi) is 1.15. The van der Waals surface area contributed by atoms with Gasteiger partial charge in [-0.15, -0.1) is 0 Å². The molecular formula is C7H7BrO. The maximum absolute atomic E-state index is 6.86. The van der Waals surface area contributed by atoms with Crippen LogP contribution in [-0.2, 0) is 0 Å². The van der Waals surface area contributed by atoms with Crippen molar-refractivity contribution in [3.63, 3.8) is 0 Å². The van der Waals surface area contributed by atoms with Crippen molar-refractivity contribution in [2.45, 2.75) is 0 Å². The van der Waals surface area contributed by atoms with Gasteiger partial charge in [0.1, 0.15) is 5.75 Å². The van der Waals surface area contributed by atoms with Crippen molar-refractivity contribution < 1.29 is 8.85 Å². The van der Waals surface area contributed by atoms with Crippen LogP contribution in [0.15, 0.2) is 28.7 Å². The third-order valence-electron chi connectivity index (χ3n) is 0.947. The van der Waals surface area contributed by atoms with Gasteiger partial charge in [0.15, 0.2) is 0 Å². The third kappa shape index (κ3) is 1.45. The van der Waals surface area contributed by atoms with Crippen molar-refractivity contribution >= 4 is 15.9 Å². The van der Waals surface area contributed by atoms with E-state index >= 15 is 0 Å². The summed E-state index contributed by atoms with van der Waals surface area (Å²) in [6.45, 7) is 0. The topological polar surface area (TPSA) is 9.23 Å². The van der Waals surface area contributed by atoms with Crippen molar-refractivity contribution in [3.8, 4) is 5.75 Å². The van der Waals surface area contributed by atoms with Gasteiger partial charge in [-0.1, -0.05) is 12.1 Å². The molecule has 0 saturated heterocycles. The zero-order valence-corrected chi connectivity index (χ0v) is 6.18. The molecule has 0 spiro atoms. The number of rotatable bonds is 1. The van der Waals surface area contributed by atoms with E-state index in [-0.39, 0.29) is 0 Å². The number of ether oxygens (including phenoxy) is 1. The van der Waals surface area contributed by atoms with Gasteiger partial charge in [0.05, 0.1) is 15.6 Å². The SMILES string of the molecule is [2H]C([2H])([2H])Oc1ccccc1Br. The summed E-state index contributed by atoms with van der Waals surface area (Å²) < 4.78 is 25.9. The molecule has 1 aromatic rings. The molecule has 0 radical (unpaired) electrons. The molecule has 1 aromatic carbocycles. The highest BCUT2D eigenvalue weighted by atomic mass is 79.9. The molecule has 0 fully saturated rings. The van der Waals surface area contributed by atoms with Crippen LogP contribution in [0.3, 0.4) is 0 Å². The number of halogens is 1. The molecule has 2 heteroatoms. The van der Waals surface area contributed by atoms with Crippen LogP contribution in [0.4, 0.5) is 0 Å². The Morgan fingerprint density at radius 2 is 2.33 bits per heavy atom. The molecule has 0 aromatic heterocycles. The molecule has 1 rings (SSSR count). The Bertz CT molecular complexity index is 272. The molecular weight excluding hydrogens is 180 g/mol. The smallest absolute Gasteiger partial charge is 0.133 e. The van der Waals surface area contributed by atoms with Gasteiger partial charge in [-0.3, -0.25) is 0 Å². The molecule has 0 unspecified atom stereocenters. The molecule has 0 atom stereocenters. The van der Waals surface area contributed by atoms with E-state index in [1.165, 1.54) is 0 Å². The second kappa shape index (κ2) is 2.87. The molecule has 0 amide bonds. The van der Waals surface area contributed by atoms with Crippen LogP contribution >= 0.6 is 15.9 Å². The highest BCUT2D eigenvalue weighted by molar-refractivity contribution is 9.10. The van der Waals surface area contributed by atoms with Crippen LogP contribution in [0.2, 0.25) is 0 Å². The largest absolute Gasteiger partial charge is 0.496 e. The minimum atomic E-state index is -2.39. The van der Waals surface area contributed by atoms with Crippen LogP contribution in [0.1, 0.15) is 4.11 Å². The lowest BCUT2D eigenvalue weighted by Crippen LogP contribution is -1.81. The summed E-state index contributed by atoms with van der Waals surface area (Å²) in [5, 5.41) is 0. The maximum Gasteiger partial charge on any atom is 0.133 e. The normalized spacial score (nSPS) is 15.4. The average Bonchev–Trinajstić information content (AvgIpc) is 1.91. The average molecular weight is 190 g/mol. The van der Waals surface area contributed by atoms with Crippen LogP contribution < -0.4 is 4.74 Å². The first-order valence-electron chi connectivity index (χ1n) is 3.92. The number of benzene rings is 1. The minimum Gasteiger partial charge on any atom is -0.496 e. The van der Waals surface area contributed by atoms with Crippen LogP contribution in [-0.4, -0.2) is 7.04 Å². The van der Waals surface area contributed by atoms with Crippen molar-refractivity contribution in [3.05, 3.63) is 28.7 Å². The highest BCUT2D eigenvalue weighted by Gasteiger charge is 1.92. The fraction of sp³-hybridized carbons (Fsp3) is 0.143. The van der Waals surface area contributed by atoms with E-state index in [2.05, 4.69) is 20.7 Å². The van der Waals surface area contributed by atoms with E-state index in [1.54, 1.807) is 24.3 Å². The number of para-hydroxylation sites is 1. The van der Waals surface area contributed by atoms with E-state index in [0.717, 1.165) is 0 Å². The molecule has 48 valence electrons. The first-order chi connectivity index (χ1) is 5.49. The van der Waals surface area contributed by atoms with Crippen molar-refractivity contribution in [2.75, 3.05) is 7.04 Å². The molecule has 9 heavy (non-hydrogen) atoms. The summed E-state index contributed by atoms with van der Waals surface area (Å²) in [7, 11) is -2.39. The lowest BCUT2D eigenvalue weighted by Gasteiger charge is -1.99. The van der Waals surface area contributed by atoms with Crippen molar-refractivity contribution in [1.82, 2.24) is 0 Å². The molecule has 0 N–H and O–H groups in total. The van der Waals surface area contributed by atoms with E-state index in [4.69, 9.17) is 4.11 Å². The highest BCUT2D eigenvalue weighted by Crippen LogP contribution is 2.22. The summed E-state index contributed by atoms with van der Waals surface area (Å²) in [4.78, 5) is 0. The fourth-order valence-corrected chi connectivity index (χ4v) is 0.893. The van der Waals surface area contributed by atoms with Crippen molar-refractivity contribution in [1.29, 1.82) is 0 Å². The standard InChI is InChI=1S/C7H7BrO/c1-9-7-5-3-2-4-6(7)8/h2-5H,1H3/i1D3. The van der Waals surface area contributed by atoms with E-state index in [0.29, 0.717) is 10.2 Å². The molecule has 0 bridgehead atoms. The Labute approximate surface area is 67.0 Å². The Morgan fingerprint density at radius 3 is 3.00 bits per heavy atom. The van der Waals surface area contributed by atoms with Gasteiger partial charge in [-0.2, -0.15) is 0 Å². The van der Waals surface area contributed by atoms with Gasteiger partial charge in [0.2, 0.25) is 0 Å². The van der Waals surface area contributed by atoms with Gasteiger partial charge in [-0.05, 0) is 28.1 Å². The van der Waals surface area contributed by atoms with Crippen LogP contribution in [0, 0.1) is 0 Å². The molecule has 1 nitrogen and oxygen atoms in total. The zero-order valence-electron chi connectivity index (χ0n) is 7.60. The third-order valence-corrected chi connectivity index (χ3v) is 1.60. The van der Waals surface area contributed by atoms with E-state index in [9.17, 15) is 0 Å². The molecule has 0 aliphatic rings. The van der Waals surface area contributed by atoms with E-state index < -0.39 is 7.04 Å². The lowest BCUT2D eigenvalue weighted by molar-refractivity contribution is 0.412. The van der Waals surface area contributed by atoms with Gasteiger partial charge in [-0.25, -0.2) is 0 Å². The Balaban J connectivity index is 2.83. The van der Waals surface area contributed by atoms with Crippen LogP contribution in [0.25, 0.3) is 0 Å². The molecule has 0 heterocycles. The number of hydrogen-bond acceptors (Lipinski definition) is 1. The van der Waals surface area contributed by atoms with Gasteiger partial charge in [0, 0.05) is 0 Å². The second-order valence-corrected chi connectivity index (χ2v) is 2.39. The predicted molar refractivity (Wildman–Crippen MR) is 40.7 cm³/mol. The summed E-state index contributed by atoms with van der Waals surface area (Å²) >= 11 is 3.17. The first-order valence-corrected chi connectivity index (χ1v) is 3.22. The van der Waals surface area contributed by atoms with E-state index in [1.807, 2.05) is 0 Å². The molecule has 0 saturated carbocycles. The summed E-state index contributed by atoms with van der Waals surface area (Å²) in [5.41, 5.74) is 0. The summed E-state index contributed by atoms with van der Waals surface area (Å²) in [6, 6.07) is 6.82. The molecule has 0 aliphatic carbocycles. The minimum absolute atomic E-state index is 0.331. The van der Waals surface area contributed by atoms with Gasteiger partial charge < -0.3 is 4.74 Å². The number of hydrogen-bond donors (Lipinski definition) is 0. The monoisotopic (exact) mass is 189 g/mol. The van der Waals surface area contributed by atoms with Crippen molar-refractivity contribution in [2.24, 2.45) is 0 Å². The van der Waals surface area contributed by atoms with Crippen LogP contribution in [0.5, 0.6) is 5.75 Å². The first kappa shape index (κ1) is 3.62. The quantitative estimate of drug-likeness (QED) is 0.660. The fourth-order valence-electron chi connectivity index (χ4n) is 0.528. The van der Waals surface area contributed by atoms with Gasteiger partial charge >= 0.3 is 0 Å².